The van der Waals surface area contributed by atoms with Crippen LogP contribution in [0.1, 0.15) is 23.3 Å². The summed E-state index contributed by atoms with van der Waals surface area (Å²) in [5, 5.41) is 13.9. The first-order chi connectivity index (χ1) is 11.2. The minimum atomic E-state index is -0.179. The largest absolute Gasteiger partial charge is 0.376 e. The molecule has 2 aromatic rings. The van der Waals surface area contributed by atoms with Gasteiger partial charge >= 0.3 is 0 Å². The van der Waals surface area contributed by atoms with Gasteiger partial charge in [0.05, 0.1) is 18.1 Å². The van der Waals surface area contributed by atoms with E-state index in [4.69, 9.17) is 4.74 Å². The van der Waals surface area contributed by atoms with E-state index in [9.17, 15) is 4.79 Å². The maximum Gasteiger partial charge on any atom is 0.270 e. The molecule has 2 fully saturated rings. The number of nitrogens with one attached hydrogen (secondary N) is 3. The Morgan fingerprint density at radius 1 is 1.57 bits per heavy atom. The van der Waals surface area contributed by atoms with Gasteiger partial charge in [0.2, 0.25) is 0 Å². The van der Waals surface area contributed by atoms with Gasteiger partial charge in [-0.3, -0.25) is 9.89 Å². The number of ether oxygens (including phenoxy) is 1. The summed E-state index contributed by atoms with van der Waals surface area (Å²) < 4.78 is 6.68. The molecule has 0 bridgehead atoms. The lowest BCUT2D eigenvalue weighted by Gasteiger charge is -2.18. The van der Waals surface area contributed by atoms with Gasteiger partial charge in [0.1, 0.15) is 5.69 Å². The standard InChI is InChI=1S/C15H18BrN5O2/c16-9-3-11-12(20-21-13(11)18-5-9)14(22)19-6-10-4-15(8-23-10)1-2-17-7-15/h3,5,10,17H,1-2,4,6-8H2,(H,19,22)(H,18,20,21). The highest BCUT2D eigenvalue weighted by Gasteiger charge is 2.42. The van der Waals surface area contributed by atoms with Crippen molar-refractivity contribution in [3.63, 3.8) is 0 Å². The molecule has 122 valence electrons. The molecule has 0 aromatic carbocycles. The quantitative estimate of drug-likeness (QED) is 0.745. The minimum absolute atomic E-state index is 0.0814. The summed E-state index contributed by atoms with van der Waals surface area (Å²) in [4.78, 5) is 16.6. The Labute approximate surface area is 141 Å². The molecular weight excluding hydrogens is 362 g/mol. The van der Waals surface area contributed by atoms with Gasteiger partial charge in [0.25, 0.3) is 5.91 Å². The number of pyridine rings is 1. The normalized spacial score (nSPS) is 27.1. The summed E-state index contributed by atoms with van der Waals surface area (Å²) in [6.45, 7) is 3.37. The second-order valence-corrected chi connectivity index (χ2v) is 7.31. The molecule has 3 N–H and O–H groups in total. The predicted octanol–water partition coefficient (Wildman–Crippen LogP) is 1.22. The lowest BCUT2D eigenvalue weighted by atomic mass is 9.85. The third-order valence-electron chi connectivity index (χ3n) is 4.71. The average molecular weight is 380 g/mol. The van der Waals surface area contributed by atoms with E-state index in [-0.39, 0.29) is 17.4 Å². The Bertz CT molecular complexity index is 741. The Kier molecular flexibility index (Phi) is 3.82. The van der Waals surface area contributed by atoms with Gasteiger partial charge in [-0.1, -0.05) is 0 Å². The van der Waals surface area contributed by atoms with E-state index in [2.05, 4.69) is 41.7 Å². The second kappa shape index (κ2) is 5.85. The van der Waals surface area contributed by atoms with Gasteiger partial charge in [0.15, 0.2) is 5.65 Å². The zero-order valence-corrected chi connectivity index (χ0v) is 14.1. The maximum atomic E-state index is 12.4. The van der Waals surface area contributed by atoms with Gasteiger partial charge in [-0.05, 0) is 41.4 Å². The summed E-state index contributed by atoms with van der Waals surface area (Å²) in [5.41, 5.74) is 1.24. The van der Waals surface area contributed by atoms with Crippen LogP contribution >= 0.6 is 15.9 Å². The molecular formula is C15H18BrN5O2. The smallest absolute Gasteiger partial charge is 0.270 e. The highest BCUT2D eigenvalue weighted by molar-refractivity contribution is 9.10. The number of halogens is 1. The van der Waals surface area contributed by atoms with E-state index in [1.165, 1.54) is 0 Å². The number of amides is 1. The third kappa shape index (κ3) is 2.86. The first kappa shape index (κ1) is 15.0. The van der Waals surface area contributed by atoms with E-state index < -0.39 is 0 Å². The molecule has 2 atom stereocenters. The summed E-state index contributed by atoms with van der Waals surface area (Å²) in [7, 11) is 0. The van der Waals surface area contributed by atoms with Gasteiger partial charge < -0.3 is 15.4 Å². The molecule has 0 radical (unpaired) electrons. The van der Waals surface area contributed by atoms with Crippen LogP contribution in [0.15, 0.2) is 16.7 Å². The molecule has 1 spiro atoms. The van der Waals surface area contributed by atoms with E-state index in [0.717, 1.165) is 37.0 Å². The highest BCUT2D eigenvalue weighted by atomic mass is 79.9. The van der Waals surface area contributed by atoms with E-state index in [0.29, 0.717) is 23.3 Å². The first-order valence-electron chi connectivity index (χ1n) is 7.75. The van der Waals surface area contributed by atoms with Crippen LogP contribution in [0.2, 0.25) is 0 Å². The number of H-pyrrole nitrogens is 1. The number of fused-ring (bicyclic) bond motifs is 1. The van der Waals surface area contributed by atoms with Crippen molar-refractivity contribution in [2.45, 2.75) is 18.9 Å². The van der Waals surface area contributed by atoms with Gasteiger partial charge in [-0.15, -0.1) is 0 Å². The average Bonchev–Trinajstić information content (AvgIpc) is 3.26. The van der Waals surface area contributed by atoms with Crippen molar-refractivity contribution in [1.29, 1.82) is 0 Å². The molecule has 1 amide bonds. The number of nitrogens with zero attached hydrogens (tertiary/aromatic N) is 2. The molecule has 0 aliphatic carbocycles. The number of carbonyl (C=O) groups is 1. The summed E-state index contributed by atoms with van der Waals surface area (Å²) in [6, 6.07) is 1.84. The Morgan fingerprint density at radius 3 is 3.30 bits per heavy atom. The number of carbonyl (C=O) groups excluding carboxylic acids is 1. The topological polar surface area (TPSA) is 91.9 Å². The van der Waals surface area contributed by atoms with Crippen molar-refractivity contribution in [2.75, 3.05) is 26.2 Å². The van der Waals surface area contributed by atoms with Crippen LogP contribution in [0.25, 0.3) is 11.0 Å². The number of hydrogen-bond acceptors (Lipinski definition) is 5. The Hall–Kier alpha value is -1.51. The van der Waals surface area contributed by atoms with Gasteiger partial charge in [-0.2, -0.15) is 5.10 Å². The van der Waals surface area contributed by atoms with Crippen LogP contribution in [0.3, 0.4) is 0 Å². The molecule has 8 heteroatoms. The first-order valence-corrected chi connectivity index (χ1v) is 8.55. The van der Waals surface area contributed by atoms with E-state index in [1.54, 1.807) is 6.20 Å². The van der Waals surface area contributed by atoms with Crippen molar-refractivity contribution in [2.24, 2.45) is 5.41 Å². The lowest BCUT2D eigenvalue weighted by Crippen LogP contribution is -2.33. The number of hydrogen-bond donors (Lipinski definition) is 3. The van der Waals surface area contributed by atoms with Gasteiger partial charge in [-0.25, -0.2) is 4.98 Å². The molecule has 2 saturated heterocycles. The number of aromatic amines is 1. The van der Waals surface area contributed by atoms with E-state index in [1.807, 2.05) is 6.07 Å². The van der Waals surface area contributed by atoms with Crippen LogP contribution in [0.4, 0.5) is 0 Å². The summed E-state index contributed by atoms with van der Waals surface area (Å²) >= 11 is 3.37. The van der Waals surface area contributed by atoms with Crippen molar-refractivity contribution in [3.8, 4) is 0 Å². The molecule has 2 unspecified atom stereocenters. The highest BCUT2D eigenvalue weighted by Crippen LogP contribution is 2.37. The molecule has 7 nitrogen and oxygen atoms in total. The fraction of sp³-hybridized carbons (Fsp3) is 0.533. The fourth-order valence-electron chi connectivity index (χ4n) is 3.46. The fourth-order valence-corrected chi connectivity index (χ4v) is 3.79. The van der Waals surface area contributed by atoms with Crippen molar-refractivity contribution >= 4 is 32.9 Å². The molecule has 4 heterocycles. The zero-order valence-electron chi connectivity index (χ0n) is 12.6. The van der Waals surface area contributed by atoms with Crippen LogP contribution in [0, 0.1) is 5.41 Å². The molecule has 2 aliphatic rings. The monoisotopic (exact) mass is 379 g/mol. The zero-order chi connectivity index (χ0) is 15.9. The molecule has 2 aliphatic heterocycles. The number of rotatable bonds is 3. The SMILES string of the molecule is O=C(NCC1CC2(CCNC2)CO1)c1[nH]nc2ncc(Br)cc12. The van der Waals surface area contributed by atoms with Crippen molar-refractivity contribution in [3.05, 3.63) is 22.4 Å². The third-order valence-corrected chi connectivity index (χ3v) is 5.15. The van der Waals surface area contributed by atoms with Crippen LogP contribution < -0.4 is 10.6 Å². The van der Waals surface area contributed by atoms with Crippen LogP contribution in [0.5, 0.6) is 0 Å². The second-order valence-electron chi connectivity index (χ2n) is 6.40. The molecule has 23 heavy (non-hydrogen) atoms. The predicted molar refractivity (Wildman–Crippen MR) is 88.2 cm³/mol. The van der Waals surface area contributed by atoms with Gasteiger partial charge in [0, 0.05) is 29.2 Å². The lowest BCUT2D eigenvalue weighted by molar-refractivity contribution is 0.0822. The summed E-state index contributed by atoms with van der Waals surface area (Å²) in [6.07, 6.45) is 3.89. The Morgan fingerprint density at radius 2 is 2.48 bits per heavy atom. The molecule has 4 rings (SSSR count). The summed E-state index contributed by atoms with van der Waals surface area (Å²) in [5.74, 6) is -0.179. The molecule has 0 saturated carbocycles. The maximum absolute atomic E-state index is 12.4. The van der Waals surface area contributed by atoms with E-state index >= 15 is 0 Å². The Balaban J connectivity index is 1.41. The van der Waals surface area contributed by atoms with Crippen molar-refractivity contribution < 1.29 is 9.53 Å². The van der Waals surface area contributed by atoms with Crippen LogP contribution in [-0.4, -0.2) is 53.4 Å². The molecule has 2 aromatic heterocycles. The number of aromatic nitrogens is 3. The minimum Gasteiger partial charge on any atom is -0.376 e. The van der Waals surface area contributed by atoms with Crippen LogP contribution in [-0.2, 0) is 4.74 Å². The van der Waals surface area contributed by atoms with Crippen molar-refractivity contribution in [1.82, 2.24) is 25.8 Å².